The molecule has 2 aliphatic heterocycles. The number of aromatic nitrogens is 4. The van der Waals surface area contributed by atoms with Gasteiger partial charge in [0.05, 0.1) is 30.3 Å². The summed E-state index contributed by atoms with van der Waals surface area (Å²) in [6, 6.07) is 15.6. The summed E-state index contributed by atoms with van der Waals surface area (Å²) < 4.78 is 22.7. The van der Waals surface area contributed by atoms with Gasteiger partial charge in [0.1, 0.15) is 11.3 Å². The molecular weight excluding hydrogens is 422 g/mol. The van der Waals surface area contributed by atoms with Gasteiger partial charge in [-0.3, -0.25) is 4.90 Å². The Balaban J connectivity index is 1.22. The number of rotatable bonds is 4. The van der Waals surface area contributed by atoms with Crippen LogP contribution < -0.4 is 9.47 Å². The fourth-order valence-electron chi connectivity index (χ4n) is 4.54. The average molecular weight is 441 g/mol. The van der Waals surface area contributed by atoms with Crippen LogP contribution in [0.3, 0.4) is 0 Å². The highest BCUT2D eigenvalue weighted by Crippen LogP contribution is 2.37. The quantitative estimate of drug-likeness (QED) is 0.442. The molecule has 0 unspecified atom stereocenters. The monoisotopic (exact) mass is 441 g/mol. The minimum absolute atomic E-state index is 0.121. The molecule has 0 spiro atoms. The second-order valence-corrected chi connectivity index (χ2v) is 8.23. The first-order chi connectivity index (χ1) is 16.3. The summed E-state index contributed by atoms with van der Waals surface area (Å²) in [7, 11) is 0. The maximum atomic E-state index is 6.08. The summed E-state index contributed by atoms with van der Waals surface area (Å²) in [5.74, 6) is 3.36. The lowest BCUT2D eigenvalue weighted by Gasteiger charge is -2.31. The Hall–Kier alpha value is -4.11. The molecule has 0 saturated heterocycles. The van der Waals surface area contributed by atoms with E-state index in [1.54, 1.807) is 6.33 Å². The standard InChI is InChI=1S/C24H19N5O4/c1-2-4-20-14(3-1)7-16(32-20)10-29-11-18-17(25-12-26-18)9-19(29)24-27-23(28-33-24)15-5-6-21-22(8-15)31-13-30-21/h1-8,12,19H,9-11,13H2,(H,25,26)/t19-/m0/s1. The number of benzene rings is 2. The van der Waals surface area contributed by atoms with E-state index in [4.69, 9.17) is 23.4 Å². The van der Waals surface area contributed by atoms with Gasteiger partial charge in [-0.15, -0.1) is 0 Å². The van der Waals surface area contributed by atoms with Gasteiger partial charge in [-0.05, 0) is 30.3 Å². The zero-order valence-electron chi connectivity index (χ0n) is 17.5. The maximum absolute atomic E-state index is 6.08. The molecule has 2 aromatic carbocycles. The molecule has 0 radical (unpaired) electrons. The molecular formula is C24H19N5O4. The molecule has 0 fully saturated rings. The molecule has 164 valence electrons. The van der Waals surface area contributed by atoms with Gasteiger partial charge in [-0.1, -0.05) is 23.4 Å². The van der Waals surface area contributed by atoms with E-state index in [0.717, 1.165) is 39.4 Å². The van der Waals surface area contributed by atoms with E-state index in [1.807, 2.05) is 36.4 Å². The average Bonchev–Trinajstić information content (AvgIpc) is 3.63. The fourth-order valence-corrected chi connectivity index (χ4v) is 4.54. The van der Waals surface area contributed by atoms with Crippen molar-refractivity contribution in [2.75, 3.05) is 6.79 Å². The van der Waals surface area contributed by atoms with Crippen molar-refractivity contribution in [1.82, 2.24) is 25.0 Å². The fraction of sp³-hybridized carbons (Fsp3) is 0.208. The van der Waals surface area contributed by atoms with Crippen LogP contribution in [0.1, 0.15) is 29.1 Å². The van der Waals surface area contributed by atoms with Crippen molar-refractivity contribution in [2.45, 2.75) is 25.6 Å². The van der Waals surface area contributed by atoms with E-state index in [9.17, 15) is 0 Å². The molecule has 0 aliphatic carbocycles. The van der Waals surface area contributed by atoms with Crippen molar-refractivity contribution in [2.24, 2.45) is 0 Å². The predicted molar refractivity (Wildman–Crippen MR) is 116 cm³/mol. The zero-order valence-corrected chi connectivity index (χ0v) is 17.5. The number of hydrogen-bond acceptors (Lipinski definition) is 8. The topological polar surface area (TPSA) is 102 Å². The summed E-state index contributed by atoms with van der Waals surface area (Å²) in [5, 5.41) is 5.34. The summed E-state index contributed by atoms with van der Waals surface area (Å²) in [4.78, 5) is 14.7. The molecule has 9 nitrogen and oxygen atoms in total. The lowest BCUT2D eigenvalue weighted by Crippen LogP contribution is -2.34. The molecule has 3 aromatic heterocycles. The van der Waals surface area contributed by atoms with Crippen molar-refractivity contribution < 1.29 is 18.4 Å². The number of hydrogen-bond donors (Lipinski definition) is 1. The van der Waals surface area contributed by atoms with Gasteiger partial charge in [-0.2, -0.15) is 4.98 Å². The van der Waals surface area contributed by atoms with Crippen LogP contribution in [-0.4, -0.2) is 31.8 Å². The number of aromatic amines is 1. The summed E-state index contributed by atoms with van der Waals surface area (Å²) in [6.45, 7) is 1.51. The van der Waals surface area contributed by atoms with Crippen LogP contribution in [0.4, 0.5) is 0 Å². The van der Waals surface area contributed by atoms with E-state index < -0.39 is 0 Å². The van der Waals surface area contributed by atoms with Gasteiger partial charge in [0, 0.05) is 23.9 Å². The SMILES string of the molecule is c1ccc2oc(CN3Cc4[nH]cnc4C[C@H]3c3nc(-c4ccc5c(c4)OCO5)no3)cc2c1. The smallest absolute Gasteiger partial charge is 0.244 e. The van der Waals surface area contributed by atoms with Crippen LogP contribution in [0.15, 0.2) is 63.8 Å². The number of para-hydroxylation sites is 1. The first-order valence-electron chi connectivity index (χ1n) is 10.8. The van der Waals surface area contributed by atoms with Crippen LogP contribution in [0.2, 0.25) is 0 Å². The molecule has 7 rings (SSSR count). The number of imidazole rings is 1. The maximum Gasteiger partial charge on any atom is 0.244 e. The van der Waals surface area contributed by atoms with Crippen molar-refractivity contribution >= 4 is 11.0 Å². The third-order valence-corrected chi connectivity index (χ3v) is 6.19. The van der Waals surface area contributed by atoms with Gasteiger partial charge in [-0.25, -0.2) is 4.98 Å². The van der Waals surface area contributed by atoms with Gasteiger partial charge in [0.2, 0.25) is 18.5 Å². The number of furan rings is 1. The Morgan fingerprint density at radius 3 is 2.97 bits per heavy atom. The number of H-pyrrole nitrogens is 1. The van der Waals surface area contributed by atoms with Crippen LogP contribution in [0, 0.1) is 0 Å². The number of nitrogens with one attached hydrogen (secondary N) is 1. The second-order valence-electron chi connectivity index (χ2n) is 8.23. The third kappa shape index (κ3) is 3.16. The predicted octanol–water partition coefficient (Wildman–Crippen LogP) is 4.23. The third-order valence-electron chi connectivity index (χ3n) is 6.19. The highest BCUT2D eigenvalue weighted by Gasteiger charge is 2.34. The van der Waals surface area contributed by atoms with E-state index in [2.05, 4.69) is 32.2 Å². The highest BCUT2D eigenvalue weighted by atomic mass is 16.7. The van der Waals surface area contributed by atoms with Crippen LogP contribution in [-0.2, 0) is 19.5 Å². The van der Waals surface area contributed by atoms with E-state index in [1.165, 1.54) is 0 Å². The Morgan fingerprint density at radius 1 is 1.06 bits per heavy atom. The number of ether oxygens (including phenoxy) is 2. The molecule has 5 heterocycles. The Morgan fingerprint density at radius 2 is 2.00 bits per heavy atom. The van der Waals surface area contributed by atoms with E-state index in [-0.39, 0.29) is 12.8 Å². The van der Waals surface area contributed by atoms with Gasteiger partial charge < -0.3 is 23.4 Å². The molecule has 33 heavy (non-hydrogen) atoms. The van der Waals surface area contributed by atoms with Crippen molar-refractivity contribution in [3.05, 3.63) is 77.9 Å². The molecule has 2 aliphatic rings. The molecule has 9 heteroatoms. The van der Waals surface area contributed by atoms with Crippen LogP contribution in [0.25, 0.3) is 22.4 Å². The van der Waals surface area contributed by atoms with Gasteiger partial charge in [0.15, 0.2) is 11.5 Å². The Kier molecular flexibility index (Phi) is 4.03. The Labute approximate surface area is 187 Å². The van der Waals surface area contributed by atoms with E-state index in [0.29, 0.717) is 37.0 Å². The van der Waals surface area contributed by atoms with Gasteiger partial charge >= 0.3 is 0 Å². The minimum atomic E-state index is -0.121. The minimum Gasteiger partial charge on any atom is -0.460 e. The first-order valence-corrected chi connectivity index (χ1v) is 10.8. The second kappa shape index (κ2) is 7.21. The molecule has 0 amide bonds. The molecule has 5 aromatic rings. The Bertz CT molecular complexity index is 1440. The summed E-state index contributed by atoms with van der Waals surface area (Å²) in [5.41, 5.74) is 3.81. The largest absolute Gasteiger partial charge is 0.460 e. The van der Waals surface area contributed by atoms with Crippen LogP contribution in [0.5, 0.6) is 11.5 Å². The van der Waals surface area contributed by atoms with Crippen molar-refractivity contribution in [1.29, 1.82) is 0 Å². The first kappa shape index (κ1) is 18.5. The van der Waals surface area contributed by atoms with Crippen LogP contribution >= 0.6 is 0 Å². The van der Waals surface area contributed by atoms with Crippen molar-refractivity contribution in [3.63, 3.8) is 0 Å². The summed E-state index contributed by atoms with van der Waals surface area (Å²) in [6.07, 6.45) is 2.40. The molecule has 1 N–H and O–H groups in total. The number of nitrogens with zero attached hydrogens (tertiary/aromatic N) is 4. The lowest BCUT2D eigenvalue weighted by atomic mass is 10.0. The molecule has 0 saturated carbocycles. The summed E-state index contributed by atoms with van der Waals surface area (Å²) >= 11 is 0. The zero-order chi connectivity index (χ0) is 21.8. The normalized spacial score (nSPS) is 17.5. The highest BCUT2D eigenvalue weighted by molar-refractivity contribution is 5.77. The molecule has 0 bridgehead atoms. The van der Waals surface area contributed by atoms with E-state index >= 15 is 0 Å². The molecule has 1 atom stereocenters. The van der Waals surface area contributed by atoms with Gasteiger partial charge in [0.25, 0.3) is 0 Å². The number of fused-ring (bicyclic) bond motifs is 3. The lowest BCUT2D eigenvalue weighted by molar-refractivity contribution is 0.120. The van der Waals surface area contributed by atoms with Crippen molar-refractivity contribution in [3.8, 4) is 22.9 Å².